The van der Waals surface area contributed by atoms with Crippen molar-refractivity contribution in [2.24, 2.45) is 23.3 Å². The smallest absolute Gasteiger partial charge is 0.331 e. The van der Waals surface area contributed by atoms with Crippen molar-refractivity contribution >= 4 is 64.7 Å². The number of benzene rings is 3. The summed E-state index contributed by atoms with van der Waals surface area (Å²) in [5.74, 6) is -4.55. The molecule has 684 valence electrons. The maximum atomic E-state index is 13.9. The number of morpholine rings is 3. The van der Waals surface area contributed by atoms with Crippen molar-refractivity contribution < 1.29 is 121 Å². The standard InChI is InChI=1S/C33H47N3O8.C28H36N2O7.C12H19NO2.C11H20N2O5.C5H11NO3/c1-22(37)30(35-29(39)20-36-13-15-43-16-14-36)28(38)19-25(17-24-9-11-26(42-3)12-10-24)32(41)34-27(31(40)33(2)21-44-33)18-23-7-5-4-6-8-23;1-20(31)27(29-26(33)18-30-12-14-36-15-13-30)25(32)17-23(16-21-8-10-24(35-2)11-9-21)28(34)37-19-22-6-4-3-5-7-22;1-12(8-15-12)11(14)10(13)7-9-5-3-2-4-6-9;1-8(14)10(11(16)17-2)12-9(15)7-13-3-5-18-6-4-13;1-3(7)4(6)5(8)9-2/h7,9-12,22,25,27,30,37H,4-6,8,13-21H2,1-3H3,(H,34,41)(H,35,39);3-11,20,23,27,31H,12-19H2,1-2H3,(H,29,33);5,10H,2-4,6-8,13H2,1H3;8,10,14H,3-7H2,1-2H3,(H,12,15);3-4,7H,6H2,1-2H3/t22-,25-,27+,30+,33-;20-,23-,27+;10-,12+;8-,10+;3-,4+/m11011/s1. The van der Waals surface area contributed by atoms with Gasteiger partial charge in [-0.1, -0.05) is 77.9 Å². The predicted molar refractivity (Wildman–Crippen MR) is 453 cm³/mol. The fourth-order valence-electron chi connectivity index (χ4n) is 14.1. The zero-order valence-corrected chi connectivity index (χ0v) is 73.1. The number of hydrogen-bond acceptors (Lipinski definition) is 30. The number of amides is 4. The summed E-state index contributed by atoms with van der Waals surface area (Å²) in [5, 5.41) is 49.7. The summed E-state index contributed by atoms with van der Waals surface area (Å²) < 4.78 is 51.1. The first-order valence-corrected chi connectivity index (χ1v) is 42.4. The van der Waals surface area contributed by atoms with Gasteiger partial charge in [-0.05, 0) is 160 Å². The highest BCUT2D eigenvalue weighted by Gasteiger charge is 2.51. The van der Waals surface area contributed by atoms with Crippen molar-refractivity contribution in [2.75, 3.05) is 140 Å². The maximum absolute atomic E-state index is 13.9. The minimum Gasteiger partial charge on any atom is -0.497 e. The number of carbonyl (C=O) groups excluding carboxylic acids is 11. The summed E-state index contributed by atoms with van der Waals surface area (Å²) in [6.07, 6.45) is 10.2. The van der Waals surface area contributed by atoms with Gasteiger partial charge in [-0.2, -0.15) is 0 Å². The van der Waals surface area contributed by atoms with E-state index in [2.05, 4.69) is 42.9 Å². The third-order valence-electron chi connectivity index (χ3n) is 21.9. The molecule has 12 N–H and O–H groups in total. The average Bonchev–Trinajstić information content (AvgIpc) is 1.64. The van der Waals surface area contributed by atoms with Gasteiger partial charge >= 0.3 is 17.9 Å². The molecule has 3 aromatic rings. The van der Waals surface area contributed by atoms with Gasteiger partial charge in [0, 0.05) is 58.0 Å². The second-order valence-corrected chi connectivity index (χ2v) is 32.3. The molecule has 0 unspecified atom stereocenters. The number of nitrogens with one attached hydrogen (secondary N) is 4. The van der Waals surface area contributed by atoms with Gasteiger partial charge in [-0.25, -0.2) is 4.79 Å². The number of aliphatic hydroxyl groups is 4. The van der Waals surface area contributed by atoms with Gasteiger partial charge in [0.05, 0.1) is 143 Å². The number of hydrogen-bond donors (Lipinski definition) is 10. The van der Waals surface area contributed by atoms with E-state index >= 15 is 0 Å². The Morgan fingerprint density at radius 2 is 0.846 bits per heavy atom. The molecule has 0 aromatic heterocycles. The number of methoxy groups -OCH3 is 4. The molecule has 0 radical (unpaired) electrons. The first-order valence-electron chi connectivity index (χ1n) is 42.4. The second-order valence-electron chi connectivity index (χ2n) is 32.3. The van der Waals surface area contributed by atoms with Crippen molar-refractivity contribution in [3.05, 3.63) is 119 Å². The SMILES string of the molecule is COC(=O)[C@@H](N)[C@@H](C)O.COC(=O)[C@@H](NC(=O)CN1CCOCC1)[C@@H](C)O.COc1ccc(C[C@H](CC(=O)[C@@H](NC(=O)CN2CCOCC2)[C@@H](C)O)C(=O)N[C@@H](CC2=CCCCC2)C(=O)[C@@]2(C)CO2)cc1.COc1ccc(C[C@H](CC(=O)[C@@H](NC(=O)CN2CCOCC2)[C@@H](C)O)C(=O)OCc2ccccc2)cc1.C[C@]1(C(=O)[C@@H](N)CC2=CCCCC2)CO1. The highest BCUT2D eigenvalue weighted by Crippen LogP contribution is 2.33. The molecule has 0 spiro atoms. The Morgan fingerprint density at radius 3 is 1.21 bits per heavy atom. The van der Waals surface area contributed by atoms with E-state index in [9.17, 15) is 68.1 Å². The highest BCUT2D eigenvalue weighted by atomic mass is 16.6. The Bertz CT molecular complexity index is 3870. The van der Waals surface area contributed by atoms with Crippen LogP contribution in [0.15, 0.2) is 102 Å². The Balaban J connectivity index is 0.000000263. The normalized spacial score (nSPS) is 21.1. The minimum absolute atomic E-state index is 0.0639. The summed E-state index contributed by atoms with van der Waals surface area (Å²) in [7, 11) is 5.58. The number of Topliss-reactive ketones (excluding diaryl/α,β-unsaturated/α-hetero) is 4. The Hall–Kier alpha value is -8.85. The van der Waals surface area contributed by atoms with Crippen LogP contribution < -0.4 is 42.2 Å². The van der Waals surface area contributed by atoms with Crippen LogP contribution in [0.25, 0.3) is 0 Å². The summed E-state index contributed by atoms with van der Waals surface area (Å²) in [4.78, 5) is 144. The quantitative estimate of drug-likeness (QED) is 0.0169. The molecule has 4 amide bonds. The van der Waals surface area contributed by atoms with Crippen LogP contribution in [0.4, 0.5) is 0 Å². The van der Waals surface area contributed by atoms with Crippen LogP contribution in [0.3, 0.4) is 0 Å². The summed E-state index contributed by atoms with van der Waals surface area (Å²) in [5.41, 5.74) is 14.5. The van der Waals surface area contributed by atoms with Gasteiger partial charge < -0.3 is 101 Å². The summed E-state index contributed by atoms with van der Waals surface area (Å²) >= 11 is 0. The summed E-state index contributed by atoms with van der Waals surface area (Å²) in [6, 6.07) is 18.3. The lowest BCUT2D eigenvalue weighted by Crippen LogP contribution is -2.53. The number of nitrogens with two attached hydrogens (primary N) is 2. The molecule has 2 aliphatic carbocycles. The lowest BCUT2D eigenvalue weighted by atomic mass is 9.87. The van der Waals surface area contributed by atoms with E-state index in [1.165, 1.54) is 60.3 Å². The van der Waals surface area contributed by atoms with Crippen molar-refractivity contribution in [3.63, 3.8) is 0 Å². The Kier molecular flexibility index (Phi) is 44.7. The monoisotopic (exact) mass is 1730 g/mol. The lowest BCUT2D eigenvalue weighted by Gasteiger charge is -2.28. The number of ether oxygens (including phenoxy) is 10. The number of nitrogens with zero attached hydrogens (tertiary/aromatic N) is 3. The van der Waals surface area contributed by atoms with Gasteiger partial charge in [-0.15, -0.1) is 0 Å². The molecule has 0 saturated carbocycles. The van der Waals surface area contributed by atoms with Gasteiger partial charge in [0.1, 0.15) is 47.4 Å². The fourth-order valence-corrected chi connectivity index (χ4v) is 14.1. The van der Waals surface area contributed by atoms with Crippen molar-refractivity contribution in [1.82, 2.24) is 36.0 Å². The average molecular weight is 1730 g/mol. The molecular formula is C89H133N9O25. The van der Waals surface area contributed by atoms with Crippen LogP contribution in [0.5, 0.6) is 11.5 Å². The fraction of sp³-hybridized carbons (Fsp3) is 0.629. The number of ketones is 4. The first-order chi connectivity index (χ1) is 58.7. The molecule has 14 atom stereocenters. The molecule has 34 heteroatoms. The van der Waals surface area contributed by atoms with Gasteiger partial charge in [0.25, 0.3) is 0 Å². The third-order valence-corrected chi connectivity index (χ3v) is 21.9. The molecular weight excluding hydrogens is 1600 g/mol. The zero-order chi connectivity index (χ0) is 90.2. The van der Waals surface area contributed by atoms with Crippen LogP contribution >= 0.6 is 0 Å². The summed E-state index contributed by atoms with van der Waals surface area (Å²) in [6.45, 7) is 17.8. The van der Waals surface area contributed by atoms with Crippen LogP contribution in [0, 0.1) is 11.8 Å². The van der Waals surface area contributed by atoms with E-state index in [0.717, 1.165) is 67.2 Å². The molecule has 3 aromatic carbocycles. The molecule has 10 rings (SSSR count). The number of allylic oxidation sites excluding steroid dienone is 2. The number of aliphatic hydroxyl groups excluding tert-OH is 4. The lowest BCUT2D eigenvalue weighted by molar-refractivity contribution is -0.152. The van der Waals surface area contributed by atoms with E-state index in [4.69, 9.17) is 54.5 Å². The van der Waals surface area contributed by atoms with Gasteiger partial charge in [0.2, 0.25) is 23.6 Å². The highest BCUT2D eigenvalue weighted by molar-refractivity contribution is 5.99. The molecule has 5 fully saturated rings. The van der Waals surface area contributed by atoms with E-state index in [1.807, 2.05) is 76.2 Å². The van der Waals surface area contributed by atoms with E-state index in [0.29, 0.717) is 110 Å². The first kappa shape index (κ1) is 103. The van der Waals surface area contributed by atoms with Crippen molar-refractivity contribution in [3.8, 4) is 11.5 Å². The van der Waals surface area contributed by atoms with Gasteiger partial charge in [-0.3, -0.25) is 62.6 Å². The van der Waals surface area contributed by atoms with Crippen LogP contribution in [0.2, 0.25) is 0 Å². The van der Waals surface area contributed by atoms with Crippen molar-refractivity contribution in [1.29, 1.82) is 0 Å². The minimum atomic E-state index is -1.18. The molecule has 34 nitrogen and oxygen atoms in total. The zero-order valence-electron chi connectivity index (χ0n) is 73.1. The van der Waals surface area contributed by atoms with Crippen LogP contribution in [-0.2, 0) is 110 Å². The largest absolute Gasteiger partial charge is 0.497 e. The number of rotatable bonds is 40. The van der Waals surface area contributed by atoms with E-state index in [-0.39, 0.29) is 87.3 Å². The van der Waals surface area contributed by atoms with E-state index in [1.54, 1.807) is 45.4 Å². The molecule has 123 heavy (non-hydrogen) atoms. The topological polar surface area (TPSA) is 477 Å². The van der Waals surface area contributed by atoms with Crippen LogP contribution in [-0.4, -0.2) is 312 Å². The predicted octanol–water partition coefficient (Wildman–Crippen LogP) is 2.29. The molecule has 5 heterocycles. The van der Waals surface area contributed by atoms with E-state index < -0.39 is 113 Å². The molecule has 5 aliphatic heterocycles. The molecule has 5 saturated heterocycles. The Labute approximate surface area is 721 Å². The Morgan fingerprint density at radius 1 is 0.455 bits per heavy atom. The number of esters is 3. The second kappa shape index (κ2) is 53.5. The molecule has 7 aliphatic rings. The maximum Gasteiger partial charge on any atom is 0.331 e. The van der Waals surface area contributed by atoms with Crippen LogP contribution in [0.1, 0.15) is 135 Å². The third kappa shape index (κ3) is 37.1. The van der Waals surface area contributed by atoms with Crippen molar-refractivity contribution in [2.45, 2.75) is 210 Å². The number of epoxide rings is 2. The van der Waals surface area contributed by atoms with Gasteiger partial charge in [0.15, 0.2) is 29.2 Å². The molecule has 0 bridgehead atoms. The number of carbonyl (C=O) groups is 11.